The largest absolute Gasteiger partial charge is 0.455 e. The zero-order valence-electron chi connectivity index (χ0n) is 15.4. The molecule has 0 spiro atoms. The lowest BCUT2D eigenvalue weighted by molar-refractivity contribution is -0.152. The van der Waals surface area contributed by atoms with Gasteiger partial charge in [0.15, 0.2) is 6.61 Å². The van der Waals surface area contributed by atoms with Gasteiger partial charge < -0.3 is 9.64 Å². The summed E-state index contributed by atoms with van der Waals surface area (Å²) in [5, 5.41) is 0. The number of hydrogen-bond acceptors (Lipinski definition) is 5. The number of hydrogen-bond donors (Lipinski definition) is 1. The van der Waals surface area contributed by atoms with Crippen molar-refractivity contribution in [2.75, 3.05) is 19.7 Å². The van der Waals surface area contributed by atoms with Crippen molar-refractivity contribution in [2.45, 2.75) is 51.0 Å². The van der Waals surface area contributed by atoms with Crippen LogP contribution in [-0.4, -0.2) is 50.9 Å². The van der Waals surface area contributed by atoms with E-state index in [4.69, 9.17) is 4.74 Å². The zero-order chi connectivity index (χ0) is 19.3. The highest BCUT2D eigenvalue weighted by molar-refractivity contribution is 7.89. The summed E-state index contributed by atoms with van der Waals surface area (Å²) in [7, 11) is -3.81. The molecule has 1 aliphatic heterocycles. The summed E-state index contributed by atoms with van der Waals surface area (Å²) in [5.74, 6) is -1.03. The van der Waals surface area contributed by atoms with E-state index in [-0.39, 0.29) is 23.5 Å². The molecule has 0 saturated carbocycles. The van der Waals surface area contributed by atoms with Gasteiger partial charge in [-0.15, -0.1) is 0 Å². The maximum Gasteiger partial charge on any atom is 0.321 e. The van der Waals surface area contributed by atoms with Crippen molar-refractivity contribution in [3.8, 4) is 0 Å². The minimum atomic E-state index is -3.81. The molecule has 7 nitrogen and oxygen atoms in total. The van der Waals surface area contributed by atoms with Crippen molar-refractivity contribution in [3.05, 3.63) is 29.3 Å². The first-order valence-electron chi connectivity index (χ1n) is 8.72. The first-order valence-corrected chi connectivity index (χ1v) is 10.2. The number of ether oxygens (including phenoxy) is 1. The molecule has 0 bridgehead atoms. The van der Waals surface area contributed by atoms with Gasteiger partial charge in [0.1, 0.15) is 6.54 Å². The molecule has 1 atom stereocenters. The highest BCUT2D eigenvalue weighted by Gasteiger charge is 2.24. The second-order valence-electron chi connectivity index (χ2n) is 6.66. The van der Waals surface area contributed by atoms with Gasteiger partial charge in [0, 0.05) is 12.6 Å². The van der Waals surface area contributed by atoms with Gasteiger partial charge in [-0.3, -0.25) is 9.59 Å². The summed E-state index contributed by atoms with van der Waals surface area (Å²) in [4.78, 5) is 25.7. The number of likely N-dealkylation sites (tertiary alicyclic amines) is 1. The first-order chi connectivity index (χ1) is 12.2. The van der Waals surface area contributed by atoms with Crippen LogP contribution in [0.5, 0.6) is 0 Å². The van der Waals surface area contributed by atoms with Crippen LogP contribution in [0.3, 0.4) is 0 Å². The van der Waals surface area contributed by atoms with Crippen molar-refractivity contribution in [3.63, 3.8) is 0 Å². The highest BCUT2D eigenvalue weighted by Crippen LogP contribution is 2.16. The van der Waals surface area contributed by atoms with Gasteiger partial charge in [0.25, 0.3) is 5.91 Å². The number of benzene rings is 1. The summed E-state index contributed by atoms with van der Waals surface area (Å²) >= 11 is 0. The molecule has 1 amide bonds. The van der Waals surface area contributed by atoms with Crippen molar-refractivity contribution >= 4 is 21.9 Å². The van der Waals surface area contributed by atoms with Crippen LogP contribution in [0, 0.1) is 13.8 Å². The van der Waals surface area contributed by atoms with Crippen molar-refractivity contribution in [2.24, 2.45) is 0 Å². The van der Waals surface area contributed by atoms with Crippen LogP contribution in [0.2, 0.25) is 0 Å². The van der Waals surface area contributed by atoms with Gasteiger partial charge in [0.2, 0.25) is 10.0 Å². The molecule has 0 aliphatic carbocycles. The Labute approximate surface area is 154 Å². The Morgan fingerprint density at radius 1 is 1.23 bits per heavy atom. The third-order valence-electron chi connectivity index (χ3n) is 4.68. The molecule has 1 aromatic rings. The van der Waals surface area contributed by atoms with Crippen LogP contribution < -0.4 is 4.72 Å². The van der Waals surface area contributed by atoms with Crippen LogP contribution >= 0.6 is 0 Å². The van der Waals surface area contributed by atoms with E-state index in [1.54, 1.807) is 17.0 Å². The number of esters is 1. The van der Waals surface area contributed by atoms with Crippen molar-refractivity contribution in [1.29, 1.82) is 0 Å². The fourth-order valence-corrected chi connectivity index (χ4v) is 3.92. The molecule has 8 heteroatoms. The fourth-order valence-electron chi connectivity index (χ4n) is 2.86. The minimum absolute atomic E-state index is 0.0895. The topological polar surface area (TPSA) is 92.8 Å². The molecule has 0 radical (unpaired) electrons. The van der Waals surface area contributed by atoms with E-state index in [0.717, 1.165) is 30.4 Å². The second kappa shape index (κ2) is 8.64. The lowest BCUT2D eigenvalue weighted by Gasteiger charge is -2.33. The van der Waals surface area contributed by atoms with E-state index in [0.29, 0.717) is 6.54 Å². The zero-order valence-corrected chi connectivity index (χ0v) is 16.3. The van der Waals surface area contributed by atoms with Gasteiger partial charge in [-0.05, 0) is 63.3 Å². The molecule has 0 aromatic heterocycles. The number of aryl methyl sites for hydroxylation is 2. The van der Waals surface area contributed by atoms with E-state index in [9.17, 15) is 18.0 Å². The number of carbonyl (C=O) groups is 2. The molecule has 0 unspecified atom stereocenters. The minimum Gasteiger partial charge on any atom is -0.455 e. The standard InChI is InChI=1S/C18H26N2O5S/c1-13-7-8-16(10-14(13)2)26(23,24)19-11-18(22)25-12-17(21)20-9-5-4-6-15(20)3/h7-8,10,15,19H,4-6,9,11-12H2,1-3H3/t15-/m1/s1. The number of rotatable bonds is 6. The summed E-state index contributed by atoms with van der Waals surface area (Å²) < 4.78 is 31.6. The number of amides is 1. The Bertz CT molecular complexity index is 776. The Hall–Kier alpha value is -1.93. The first kappa shape index (κ1) is 20.4. The lowest BCUT2D eigenvalue weighted by Crippen LogP contribution is -2.44. The average Bonchev–Trinajstić information content (AvgIpc) is 2.60. The normalized spacial score (nSPS) is 17.8. The quantitative estimate of drug-likeness (QED) is 0.753. The smallest absolute Gasteiger partial charge is 0.321 e. The Kier molecular flexibility index (Phi) is 6.77. The maximum atomic E-state index is 12.2. The Morgan fingerprint density at radius 3 is 2.62 bits per heavy atom. The van der Waals surface area contributed by atoms with Crippen LogP contribution in [0.25, 0.3) is 0 Å². The predicted molar refractivity (Wildman–Crippen MR) is 97.1 cm³/mol. The molecule has 1 aliphatic rings. The number of sulfonamides is 1. The fraction of sp³-hybridized carbons (Fsp3) is 0.556. The van der Waals surface area contributed by atoms with Gasteiger partial charge in [-0.2, -0.15) is 4.72 Å². The van der Waals surface area contributed by atoms with E-state index in [1.165, 1.54) is 6.07 Å². The summed E-state index contributed by atoms with van der Waals surface area (Å²) in [6.07, 6.45) is 2.97. The monoisotopic (exact) mass is 382 g/mol. The number of piperidine rings is 1. The van der Waals surface area contributed by atoms with Crippen LogP contribution in [-0.2, 0) is 24.3 Å². The molecule has 1 N–H and O–H groups in total. The van der Waals surface area contributed by atoms with Gasteiger partial charge in [0.05, 0.1) is 4.90 Å². The third kappa shape index (κ3) is 5.28. The second-order valence-corrected chi connectivity index (χ2v) is 8.43. The van der Waals surface area contributed by atoms with Gasteiger partial charge in [-0.1, -0.05) is 6.07 Å². The lowest BCUT2D eigenvalue weighted by atomic mass is 10.0. The Balaban J connectivity index is 1.84. The summed E-state index contributed by atoms with van der Waals surface area (Å²) in [5.41, 5.74) is 1.82. The molecular formula is C18H26N2O5S. The van der Waals surface area contributed by atoms with Crippen LogP contribution in [0.15, 0.2) is 23.1 Å². The van der Waals surface area contributed by atoms with Gasteiger partial charge >= 0.3 is 5.97 Å². The van der Waals surface area contributed by atoms with E-state index in [2.05, 4.69) is 4.72 Å². The summed E-state index contributed by atoms with van der Waals surface area (Å²) in [6.45, 7) is 5.45. The number of carbonyl (C=O) groups excluding carboxylic acids is 2. The molecule has 1 fully saturated rings. The van der Waals surface area contributed by atoms with Crippen molar-refractivity contribution in [1.82, 2.24) is 9.62 Å². The van der Waals surface area contributed by atoms with E-state index >= 15 is 0 Å². The average molecular weight is 382 g/mol. The molecule has 1 aromatic carbocycles. The van der Waals surface area contributed by atoms with Gasteiger partial charge in [-0.25, -0.2) is 8.42 Å². The van der Waals surface area contributed by atoms with Crippen LogP contribution in [0.4, 0.5) is 0 Å². The maximum absolute atomic E-state index is 12.2. The number of nitrogens with zero attached hydrogens (tertiary/aromatic N) is 1. The van der Waals surface area contributed by atoms with E-state index in [1.807, 2.05) is 20.8 Å². The molecular weight excluding hydrogens is 356 g/mol. The third-order valence-corrected chi connectivity index (χ3v) is 6.07. The molecule has 144 valence electrons. The SMILES string of the molecule is Cc1ccc(S(=O)(=O)NCC(=O)OCC(=O)N2CCCC[C@H]2C)cc1C. The summed E-state index contributed by atoms with van der Waals surface area (Å²) in [6, 6.07) is 4.88. The predicted octanol–water partition coefficient (Wildman–Crippen LogP) is 1.53. The van der Waals surface area contributed by atoms with Crippen LogP contribution in [0.1, 0.15) is 37.3 Å². The molecule has 1 saturated heterocycles. The molecule has 1 heterocycles. The highest BCUT2D eigenvalue weighted by atomic mass is 32.2. The number of nitrogens with one attached hydrogen (secondary N) is 1. The molecule has 26 heavy (non-hydrogen) atoms. The molecule has 2 rings (SSSR count). The Morgan fingerprint density at radius 2 is 1.96 bits per heavy atom. The van der Waals surface area contributed by atoms with E-state index < -0.39 is 22.5 Å². The van der Waals surface area contributed by atoms with Crippen molar-refractivity contribution < 1.29 is 22.7 Å².